The van der Waals surface area contributed by atoms with Gasteiger partial charge in [-0.15, -0.1) is 0 Å². The predicted molar refractivity (Wildman–Crippen MR) is 360 cm³/mol. The lowest BCUT2D eigenvalue weighted by molar-refractivity contribution is -0.252. The van der Waals surface area contributed by atoms with Crippen LogP contribution in [0.15, 0.2) is 36.4 Å². The van der Waals surface area contributed by atoms with Crippen molar-refractivity contribution in [1.82, 2.24) is 0 Å². The van der Waals surface area contributed by atoms with Gasteiger partial charge in [-0.3, -0.25) is 38.4 Å². The van der Waals surface area contributed by atoms with Gasteiger partial charge in [0.1, 0.15) is 30.5 Å². The average molecular weight is 1600 g/mol. The van der Waals surface area contributed by atoms with Gasteiger partial charge in [-0.1, -0.05) is 78.6 Å². The molecule has 14 atom stereocenters. The summed E-state index contributed by atoms with van der Waals surface area (Å²) in [5, 5.41) is 0. The lowest BCUT2D eigenvalue weighted by Gasteiger charge is -2.30. The third kappa shape index (κ3) is 29.9. The zero-order chi connectivity index (χ0) is 85.6. The largest absolute Gasteiger partial charge is 0.462 e. The molecule has 14 unspecified atom stereocenters. The number of hydrogen-bond donors (Lipinski definition) is 0. The summed E-state index contributed by atoms with van der Waals surface area (Å²) in [6, 6.07) is 7.09. The third-order valence-corrected chi connectivity index (χ3v) is 19.6. The molecule has 109 heavy (non-hydrogen) atoms. The van der Waals surface area contributed by atoms with Gasteiger partial charge in [-0.2, -0.15) is 79.0 Å². The molecule has 2 aliphatic carbocycles. The van der Waals surface area contributed by atoms with E-state index in [0.29, 0.717) is 55.7 Å². The number of aryl methyl sites for hydroxylation is 2. The number of benzene rings is 2. The summed E-state index contributed by atoms with van der Waals surface area (Å²) in [4.78, 5) is 92.6. The normalized spacial score (nSPS) is 21.1. The molecule has 6 rings (SSSR count). The first-order valence-corrected chi connectivity index (χ1v) is 35.2. The van der Waals surface area contributed by atoms with E-state index in [4.69, 9.17) is 23.7 Å². The van der Waals surface area contributed by atoms with Crippen molar-refractivity contribution < 1.29 is 155 Å². The molecule has 0 N–H and O–H groups in total. The lowest BCUT2D eigenvalue weighted by atomic mass is 9.87. The van der Waals surface area contributed by atoms with Crippen molar-refractivity contribution in [1.29, 1.82) is 0 Å². The van der Waals surface area contributed by atoms with Crippen LogP contribution in [0.3, 0.4) is 0 Å². The molecular weight excluding hydrogens is 1500 g/mol. The van der Waals surface area contributed by atoms with Crippen molar-refractivity contribution in [2.45, 2.75) is 295 Å². The number of rotatable bonds is 19. The van der Waals surface area contributed by atoms with E-state index in [0.717, 1.165) is 63.8 Å². The molecule has 626 valence electrons. The van der Waals surface area contributed by atoms with E-state index >= 15 is 0 Å². The molecule has 0 spiro atoms. The van der Waals surface area contributed by atoms with Crippen molar-refractivity contribution in [3.63, 3.8) is 0 Å². The Kier molecular flexibility index (Phi) is 35.3. The number of alkyl halides is 18. The SMILES string of the molecule is CCC(C)(C(=O)OC(C)C(F)(F)F)C(F)(F)F.CCC(C)(C)C(=O)OC(C)(C)C.CCC(C)(C)C(=O)OC(C)C(F)(F)F.CCC(C)(C)C(=O)OC1C2CC3C(=O)OC1C3C2.Cc1cc(C(C)C(C)C(=O)OC(C)C(F)(F)F)cc(C(F)(F)F)c1.Cc1cc(C(C)C(C)C(=O)OC2COC(=O)C2)cc(C(F)(F)F)c1. The van der Waals surface area contributed by atoms with Gasteiger partial charge in [0.2, 0.25) is 0 Å². The van der Waals surface area contributed by atoms with Crippen LogP contribution in [0.1, 0.15) is 236 Å². The first kappa shape index (κ1) is 99.9. The highest BCUT2D eigenvalue weighted by Gasteiger charge is 2.64. The van der Waals surface area contributed by atoms with Crippen LogP contribution in [-0.2, 0) is 88.6 Å². The zero-order valence-corrected chi connectivity index (χ0v) is 65.5. The molecule has 2 aromatic rings. The van der Waals surface area contributed by atoms with Gasteiger partial charge in [-0.05, 0) is 190 Å². The first-order valence-electron chi connectivity index (χ1n) is 35.2. The highest BCUT2D eigenvalue weighted by Crippen LogP contribution is 2.56. The summed E-state index contributed by atoms with van der Waals surface area (Å²) < 4.78 is 263. The Bertz CT molecular complexity index is 3380. The van der Waals surface area contributed by atoms with Gasteiger partial charge in [0.05, 0.1) is 51.5 Å². The minimum atomic E-state index is -4.95. The fourth-order valence-electron chi connectivity index (χ4n) is 10.1. The summed E-state index contributed by atoms with van der Waals surface area (Å²) in [7, 11) is 0. The van der Waals surface area contributed by atoms with Crippen molar-refractivity contribution in [3.05, 3.63) is 69.8 Å². The monoisotopic (exact) mass is 1600 g/mol. The van der Waals surface area contributed by atoms with Gasteiger partial charge < -0.3 is 37.9 Å². The highest BCUT2D eigenvalue weighted by atomic mass is 19.4. The van der Waals surface area contributed by atoms with Gasteiger partial charge in [-0.25, -0.2) is 0 Å². The van der Waals surface area contributed by atoms with E-state index < -0.39 is 149 Å². The van der Waals surface area contributed by atoms with Gasteiger partial charge >= 0.3 is 84.8 Å². The minimum absolute atomic E-state index is 0.00943. The Balaban J connectivity index is 0.000000665. The van der Waals surface area contributed by atoms with Crippen LogP contribution in [0, 0.1) is 65.1 Å². The van der Waals surface area contributed by atoms with Crippen LogP contribution in [0.5, 0.6) is 0 Å². The van der Waals surface area contributed by atoms with Crippen LogP contribution in [0.4, 0.5) is 79.0 Å². The number of halogens is 18. The Hall–Kier alpha value is -7.06. The van der Waals surface area contributed by atoms with E-state index in [2.05, 4.69) is 14.2 Å². The average Bonchev–Trinajstić information content (AvgIpc) is 1.57. The van der Waals surface area contributed by atoms with Crippen LogP contribution >= 0.6 is 0 Å². The smallest absolute Gasteiger partial charge is 0.425 e. The molecule has 16 nitrogen and oxygen atoms in total. The Morgan fingerprint density at radius 1 is 0.477 bits per heavy atom. The maximum absolute atomic E-state index is 12.9. The molecule has 0 amide bonds. The number of esters is 8. The molecule has 2 saturated carbocycles. The predicted octanol–water partition coefficient (Wildman–Crippen LogP) is 19.9. The fraction of sp³-hybridized carbons (Fsp3) is 0.733. The molecule has 0 aromatic heterocycles. The van der Waals surface area contributed by atoms with Crippen LogP contribution in [0.2, 0.25) is 0 Å². The Labute approximate surface area is 624 Å². The molecule has 0 radical (unpaired) electrons. The number of hydrogen-bond acceptors (Lipinski definition) is 16. The van der Waals surface area contributed by atoms with Crippen molar-refractivity contribution >= 4 is 47.8 Å². The summed E-state index contributed by atoms with van der Waals surface area (Å²) in [6.07, 6.45) is -32.7. The Morgan fingerprint density at radius 2 is 0.862 bits per heavy atom. The number of carbonyl (C=O) groups excluding carboxylic acids is 8. The molecule has 4 aliphatic rings. The molecule has 2 heterocycles. The van der Waals surface area contributed by atoms with Gasteiger partial charge in [0.25, 0.3) is 0 Å². The molecule has 2 aliphatic heterocycles. The lowest BCUT2D eigenvalue weighted by Crippen LogP contribution is -2.46. The second kappa shape index (κ2) is 38.4. The Morgan fingerprint density at radius 3 is 1.22 bits per heavy atom. The highest BCUT2D eigenvalue weighted by molar-refractivity contribution is 5.80. The second-order valence-electron chi connectivity index (χ2n) is 30.8. The summed E-state index contributed by atoms with van der Waals surface area (Å²) in [5.41, 5.74) is -5.12. The van der Waals surface area contributed by atoms with E-state index in [1.54, 1.807) is 47.6 Å². The third-order valence-electron chi connectivity index (χ3n) is 19.6. The van der Waals surface area contributed by atoms with E-state index in [-0.39, 0.29) is 65.6 Å². The fourth-order valence-corrected chi connectivity index (χ4v) is 10.1. The standard InChI is InChI=1S/C17H19F3O4.C16H18F6O2.C14H20O4.C10H20O2.C9H12F6O2.C9H15F3O2/c1-9-4-12(6-13(5-9)17(18,19)20)10(2)11(3)16(22)24-14-7-15(21)23-8-14;1-8-5-12(7-13(6-8)16(20,21)22)9(2)10(3)14(23)24-11(4)15(17,18)19;1-4-14(2,3)13(16)18-10-7-5-8-9(6-7)12(15)17-11(8)10;1-7-10(5,6)8(11)12-9(2,3)4;1-4-7(3,9(13,14)15)6(16)17-5(2)8(10,11)12;1-5-8(3,4)7(13)14-6(2)9(10,11)12/h4-6,10-11,14H,7-8H2,1-3H3;5-7,9-11H,1-4H3;7-11H,4-6H2,1-3H3;7H2,1-6H3;5H,4H2,1-3H3;6H,5H2,1-4H3. The maximum Gasteiger partial charge on any atom is 0.425 e. The molecule has 2 aromatic carbocycles. The second-order valence-corrected chi connectivity index (χ2v) is 30.8. The first-order chi connectivity index (χ1) is 48.9. The van der Waals surface area contributed by atoms with Crippen LogP contribution < -0.4 is 0 Å². The van der Waals surface area contributed by atoms with Gasteiger partial charge in [0, 0.05) is 11.8 Å². The van der Waals surface area contributed by atoms with Crippen LogP contribution in [-0.4, -0.2) is 121 Å². The molecule has 2 bridgehead atoms. The zero-order valence-electron chi connectivity index (χ0n) is 65.5. The minimum Gasteiger partial charge on any atom is -0.462 e. The van der Waals surface area contributed by atoms with E-state index in [1.165, 1.54) is 26.8 Å². The number of ether oxygens (including phenoxy) is 8. The van der Waals surface area contributed by atoms with Crippen molar-refractivity contribution in [3.8, 4) is 0 Å². The van der Waals surface area contributed by atoms with Crippen molar-refractivity contribution in [2.24, 2.45) is 51.2 Å². The number of cyclic esters (lactones) is 1. The molecule has 4 fully saturated rings. The number of carbonyl (C=O) groups is 8. The topological polar surface area (TPSA) is 210 Å². The molecule has 34 heteroatoms. The number of fused-ring (bicyclic) bond motifs is 1. The van der Waals surface area contributed by atoms with E-state index in [9.17, 15) is 117 Å². The quantitative estimate of drug-likeness (QED) is 0.0727. The molecule has 2 saturated heterocycles. The van der Waals surface area contributed by atoms with Crippen molar-refractivity contribution in [2.75, 3.05) is 6.61 Å². The van der Waals surface area contributed by atoms with E-state index in [1.807, 2.05) is 62.3 Å². The summed E-state index contributed by atoms with van der Waals surface area (Å²) >= 11 is 0. The molecular formula is C75H104F18O16. The van der Waals surface area contributed by atoms with Gasteiger partial charge in [0.15, 0.2) is 23.7 Å². The summed E-state index contributed by atoms with van der Waals surface area (Å²) in [6.45, 7) is 34.8. The summed E-state index contributed by atoms with van der Waals surface area (Å²) in [5.74, 6) is -7.36. The van der Waals surface area contributed by atoms with Crippen LogP contribution in [0.25, 0.3) is 0 Å². The maximum atomic E-state index is 12.9.